The van der Waals surface area contributed by atoms with E-state index >= 15 is 0 Å². The van der Waals surface area contributed by atoms with Gasteiger partial charge in [0.15, 0.2) is 0 Å². The summed E-state index contributed by atoms with van der Waals surface area (Å²) in [5, 5.41) is 8.48. The van der Waals surface area contributed by atoms with Gasteiger partial charge in [0.05, 0.1) is 11.1 Å². The molecule has 0 aliphatic rings. The number of hydrogen-bond donors (Lipinski definition) is 2. The molecular weight excluding hydrogens is 177 g/mol. The van der Waals surface area contributed by atoms with Crippen molar-refractivity contribution in [2.75, 3.05) is 0 Å². The van der Waals surface area contributed by atoms with Crippen molar-refractivity contribution in [3.8, 4) is 0 Å². The molecule has 1 rings (SSSR count). The zero-order chi connectivity index (χ0) is 10.0. The van der Waals surface area contributed by atoms with Crippen LogP contribution in [-0.4, -0.2) is 17.0 Å². The summed E-state index contributed by atoms with van der Waals surface area (Å²) in [7, 11) is 0. The topological polar surface area (TPSA) is 80.4 Å². The molecule has 68 valence electrons. The normalized spacial score (nSPS) is 9.62. The van der Waals surface area contributed by atoms with Gasteiger partial charge in [-0.2, -0.15) is 0 Å². The molecule has 0 fully saturated rings. The number of benzene rings is 1. The molecule has 1 aromatic rings. The quantitative estimate of drug-likeness (QED) is 0.705. The number of carboxylic acids is 1. The molecular formula is C8H6FNO3. The van der Waals surface area contributed by atoms with Crippen LogP contribution in [0.25, 0.3) is 0 Å². The van der Waals surface area contributed by atoms with Crippen LogP contribution in [0.15, 0.2) is 18.2 Å². The van der Waals surface area contributed by atoms with Crippen LogP contribution in [0.4, 0.5) is 4.39 Å². The molecule has 0 spiro atoms. The summed E-state index contributed by atoms with van der Waals surface area (Å²) in [6, 6.07) is 3.45. The number of hydrogen-bond acceptors (Lipinski definition) is 2. The minimum Gasteiger partial charge on any atom is -0.478 e. The molecule has 0 aliphatic carbocycles. The third-order valence-corrected chi connectivity index (χ3v) is 1.49. The van der Waals surface area contributed by atoms with Gasteiger partial charge >= 0.3 is 5.97 Å². The first kappa shape index (κ1) is 9.18. The third-order valence-electron chi connectivity index (χ3n) is 1.49. The Hall–Kier alpha value is -1.91. The first-order valence-electron chi connectivity index (χ1n) is 3.35. The maximum Gasteiger partial charge on any atom is 0.338 e. The molecule has 0 aliphatic heterocycles. The second-order valence-corrected chi connectivity index (χ2v) is 2.34. The Morgan fingerprint density at radius 2 is 1.85 bits per heavy atom. The Labute approximate surface area is 72.8 Å². The standard InChI is InChI=1S/C8H6FNO3/c9-6-4(7(10)11)2-1-3-5(6)8(12)13/h1-3H,(H2,10,11)(H,12,13). The van der Waals surface area contributed by atoms with Gasteiger partial charge in [-0.1, -0.05) is 6.07 Å². The van der Waals surface area contributed by atoms with Gasteiger partial charge in [-0.25, -0.2) is 9.18 Å². The number of carbonyl (C=O) groups is 2. The number of halogens is 1. The Morgan fingerprint density at radius 3 is 2.31 bits per heavy atom. The van der Waals surface area contributed by atoms with E-state index in [1.54, 1.807) is 0 Å². The number of rotatable bonds is 2. The molecule has 13 heavy (non-hydrogen) atoms. The number of nitrogens with two attached hydrogens (primary N) is 1. The summed E-state index contributed by atoms with van der Waals surface area (Å²) in [6.45, 7) is 0. The molecule has 0 unspecified atom stereocenters. The van der Waals surface area contributed by atoms with Gasteiger partial charge < -0.3 is 10.8 Å². The predicted octanol–water partition coefficient (Wildman–Crippen LogP) is 0.623. The second kappa shape index (κ2) is 3.22. The number of amides is 1. The first-order chi connectivity index (χ1) is 6.04. The van der Waals surface area contributed by atoms with Gasteiger partial charge in [0.25, 0.3) is 5.91 Å². The van der Waals surface area contributed by atoms with E-state index in [4.69, 9.17) is 10.8 Å². The van der Waals surface area contributed by atoms with Crippen LogP contribution in [0.1, 0.15) is 20.7 Å². The van der Waals surface area contributed by atoms with Gasteiger partial charge in [-0.3, -0.25) is 4.79 Å². The summed E-state index contributed by atoms with van der Waals surface area (Å²) >= 11 is 0. The largest absolute Gasteiger partial charge is 0.478 e. The van der Waals surface area contributed by atoms with E-state index in [1.165, 1.54) is 6.07 Å². The summed E-state index contributed by atoms with van der Waals surface area (Å²) in [5.41, 5.74) is 3.84. The molecule has 5 heteroatoms. The van der Waals surface area contributed by atoms with Crippen molar-refractivity contribution in [2.24, 2.45) is 5.73 Å². The van der Waals surface area contributed by atoms with Crippen LogP contribution < -0.4 is 5.73 Å². The monoisotopic (exact) mass is 183 g/mol. The van der Waals surface area contributed by atoms with E-state index in [9.17, 15) is 14.0 Å². The SMILES string of the molecule is NC(=O)c1cccc(C(=O)O)c1F. The number of carboxylic acid groups (broad SMARTS) is 1. The van der Waals surface area contributed by atoms with Gasteiger partial charge in [0, 0.05) is 0 Å². The number of aromatic carboxylic acids is 1. The van der Waals surface area contributed by atoms with Gasteiger partial charge in [0.2, 0.25) is 0 Å². The zero-order valence-corrected chi connectivity index (χ0v) is 6.45. The molecule has 0 saturated carbocycles. The summed E-state index contributed by atoms with van der Waals surface area (Å²) < 4.78 is 13.1. The number of primary amides is 1. The summed E-state index contributed by atoms with van der Waals surface area (Å²) in [4.78, 5) is 21.0. The smallest absolute Gasteiger partial charge is 0.338 e. The van der Waals surface area contributed by atoms with Gasteiger partial charge in [0.1, 0.15) is 5.82 Å². The molecule has 0 radical (unpaired) electrons. The average Bonchev–Trinajstić information content (AvgIpc) is 2.03. The molecule has 0 atom stereocenters. The fraction of sp³-hybridized carbons (Fsp3) is 0. The van der Waals surface area contributed by atoms with Crippen molar-refractivity contribution in [1.29, 1.82) is 0 Å². The van der Waals surface area contributed by atoms with Crippen LogP contribution in [0, 0.1) is 5.82 Å². The Balaban J connectivity index is 3.35. The van der Waals surface area contributed by atoms with E-state index in [0.717, 1.165) is 12.1 Å². The molecule has 0 bridgehead atoms. The minimum absolute atomic E-state index is 0.417. The lowest BCUT2D eigenvalue weighted by atomic mass is 10.1. The Bertz CT molecular complexity index is 343. The van der Waals surface area contributed by atoms with Crippen molar-refractivity contribution in [3.63, 3.8) is 0 Å². The lowest BCUT2D eigenvalue weighted by Crippen LogP contribution is -2.15. The van der Waals surface area contributed by atoms with Crippen LogP contribution in [0.3, 0.4) is 0 Å². The molecule has 0 aromatic heterocycles. The summed E-state index contributed by atoms with van der Waals surface area (Å²) in [6.07, 6.45) is 0. The van der Waals surface area contributed by atoms with E-state index in [1.807, 2.05) is 0 Å². The Morgan fingerprint density at radius 1 is 1.31 bits per heavy atom. The van der Waals surface area contributed by atoms with Crippen molar-refractivity contribution >= 4 is 11.9 Å². The van der Waals surface area contributed by atoms with Crippen LogP contribution in [0.2, 0.25) is 0 Å². The van der Waals surface area contributed by atoms with E-state index in [-0.39, 0.29) is 0 Å². The number of carbonyl (C=O) groups excluding carboxylic acids is 1. The van der Waals surface area contributed by atoms with E-state index in [0.29, 0.717) is 0 Å². The summed E-state index contributed by atoms with van der Waals surface area (Å²) in [5.74, 6) is -3.51. The van der Waals surface area contributed by atoms with E-state index in [2.05, 4.69) is 0 Å². The lowest BCUT2D eigenvalue weighted by molar-refractivity contribution is 0.0692. The molecule has 1 aromatic carbocycles. The minimum atomic E-state index is -1.43. The van der Waals surface area contributed by atoms with E-state index < -0.39 is 28.8 Å². The van der Waals surface area contributed by atoms with Crippen molar-refractivity contribution in [3.05, 3.63) is 35.1 Å². The van der Waals surface area contributed by atoms with Crippen LogP contribution in [-0.2, 0) is 0 Å². The maximum atomic E-state index is 13.1. The van der Waals surface area contributed by atoms with Gasteiger partial charge in [-0.15, -0.1) is 0 Å². The Kier molecular flexibility index (Phi) is 2.27. The lowest BCUT2D eigenvalue weighted by Gasteiger charge is -2.00. The van der Waals surface area contributed by atoms with Gasteiger partial charge in [-0.05, 0) is 12.1 Å². The highest BCUT2D eigenvalue weighted by molar-refractivity contribution is 5.96. The molecule has 0 saturated heterocycles. The van der Waals surface area contributed by atoms with Crippen molar-refractivity contribution < 1.29 is 19.1 Å². The maximum absolute atomic E-state index is 13.1. The third kappa shape index (κ3) is 1.64. The first-order valence-corrected chi connectivity index (χ1v) is 3.35. The van der Waals surface area contributed by atoms with Crippen LogP contribution >= 0.6 is 0 Å². The average molecular weight is 183 g/mol. The zero-order valence-electron chi connectivity index (χ0n) is 6.45. The highest BCUT2D eigenvalue weighted by Gasteiger charge is 2.16. The highest BCUT2D eigenvalue weighted by Crippen LogP contribution is 2.12. The molecule has 3 N–H and O–H groups in total. The van der Waals surface area contributed by atoms with Crippen molar-refractivity contribution in [1.82, 2.24) is 0 Å². The van der Waals surface area contributed by atoms with Crippen molar-refractivity contribution in [2.45, 2.75) is 0 Å². The predicted molar refractivity (Wildman–Crippen MR) is 41.9 cm³/mol. The highest BCUT2D eigenvalue weighted by atomic mass is 19.1. The molecule has 0 heterocycles. The van der Waals surface area contributed by atoms with Crippen LogP contribution in [0.5, 0.6) is 0 Å². The molecule has 1 amide bonds. The fourth-order valence-electron chi connectivity index (χ4n) is 0.887. The molecule has 4 nitrogen and oxygen atoms in total. The fourth-order valence-corrected chi connectivity index (χ4v) is 0.887. The second-order valence-electron chi connectivity index (χ2n) is 2.34.